The predicted octanol–water partition coefficient (Wildman–Crippen LogP) is 2.48. The molecule has 1 atom stereocenters. The van der Waals surface area contributed by atoms with E-state index >= 15 is 0 Å². The highest BCUT2D eigenvalue weighted by Crippen LogP contribution is 2.15. The molecule has 0 radical (unpaired) electrons. The predicted molar refractivity (Wildman–Crippen MR) is 51.5 cm³/mol. The van der Waals surface area contributed by atoms with Crippen LogP contribution in [0.4, 0.5) is 4.39 Å². The fraction of sp³-hybridized carbons (Fsp3) is 0.333. The van der Waals surface area contributed by atoms with Gasteiger partial charge in [0.25, 0.3) is 0 Å². The van der Waals surface area contributed by atoms with Crippen LogP contribution in [0.25, 0.3) is 0 Å². The summed E-state index contributed by atoms with van der Waals surface area (Å²) in [6.07, 6.45) is 0.582. The van der Waals surface area contributed by atoms with Crippen LogP contribution in [0.2, 0.25) is 0 Å². The van der Waals surface area contributed by atoms with E-state index in [0.717, 1.165) is 4.47 Å². The summed E-state index contributed by atoms with van der Waals surface area (Å²) in [6, 6.07) is 5.03. The molecule has 0 unspecified atom stereocenters. The lowest BCUT2D eigenvalue weighted by atomic mass is 10.1. The first kappa shape index (κ1) is 9.68. The van der Waals surface area contributed by atoms with Gasteiger partial charge in [0.05, 0.1) is 0 Å². The van der Waals surface area contributed by atoms with Crippen LogP contribution in [0.3, 0.4) is 0 Å². The summed E-state index contributed by atoms with van der Waals surface area (Å²) < 4.78 is 13.9. The topological polar surface area (TPSA) is 26.0 Å². The minimum Gasteiger partial charge on any atom is -0.328 e. The Hall–Kier alpha value is -0.410. The highest BCUT2D eigenvalue weighted by molar-refractivity contribution is 9.10. The van der Waals surface area contributed by atoms with Gasteiger partial charge >= 0.3 is 0 Å². The summed E-state index contributed by atoms with van der Waals surface area (Å²) >= 11 is 3.19. The minimum absolute atomic E-state index is 0.000625. The van der Waals surface area contributed by atoms with Crippen LogP contribution < -0.4 is 5.73 Å². The molecule has 1 aromatic rings. The van der Waals surface area contributed by atoms with E-state index in [9.17, 15) is 4.39 Å². The average molecular weight is 232 g/mol. The van der Waals surface area contributed by atoms with Crippen LogP contribution in [-0.2, 0) is 6.42 Å². The van der Waals surface area contributed by atoms with Gasteiger partial charge in [0, 0.05) is 10.5 Å². The molecule has 0 amide bonds. The maximum atomic E-state index is 13.1. The number of rotatable bonds is 2. The molecule has 1 nitrogen and oxygen atoms in total. The maximum absolute atomic E-state index is 13.1. The Morgan fingerprint density at radius 1 is 1.58 bits per heavy atom. The maximum Gasteiger partial charge on any atom is 0.127 e. The van der Waals surface area contributed by atoms with Crippen LogP contribution in [-0.4, -0.2) is 6.04 Å². The molecule has 0 spiro atoms. The van der Waals surface area contributed by atoms with Crippen molar-refractivity contribution in [2.24, 2.45) is 5.73 Å². The van der Waals surface area contributed by atoms with Crippen molar-refractivity contribution in [2.45, 2.75) is 19.4 Å². The van der Waals surface area contributed by atoms with E-state index < -0.39 is 0 Å². The molecule has 0 heterocycles. The van der Waals surface area contributed by atoms with Crippen molar-refractivity contribution in [3.05, 3.63) is 34.1 Å². The first-order valence-corrected chi connectivity index (χ1v) is 4.58. The third-order valence-corrected chi connectivity index (χ3v) is 2.05. The molecule has 0 aliphatic rings. The Morgan fingerprint density at radius 3 is 2.75 bits per heavy atom. The SMILES string of the molecule is C[C@H](N)Cc1ccc(Br)cc1F. The fourth-order valence-electron chi connectivity index (χ4n) is 1.03. The fourth-order valence-corrected chi connectivity index (χ4v) is 1.37. The van der Waals surface area contributed by atoms with E-state index in [1.54, 1.807) is 6.07 Å². The molecule has 66 valence electrons. The summed E-state index contributed by atoms with van der Waals surface area (Å²) in [5.74, 6) is -0.193. The van der Waals surface area contributed by atoms with Gasteiger partial charge in [0.15, 0.2) is 0 Å². The van der Waals surface area contributed by atoms with Crippen molar-refractivity contribution in [3.63, 3.8) is 0 Å². The Balaban J connectivity index is 2.86. The van der Waals surface area contributed by atoms with Crippen molar-refractivity contribution in [3.8, 4) is 0 Å². The standard InChI is InChI=1S/C9H11BrFN/c1-6(12)4-7-2-3-8(10)5-9(7)11/h2-3,5-6H,4,12H2,1H3/t6-/m0/s1. The van der Waals surface area contributed by atoms with E-state index in [0.29, 0.717) is 12.0 Å². The minimum atomic E-state index is -0.193. The van der Waals surface area contributed by atoms with Crippen molar-refractivity contribution in [2.75, 3.05) is 0 Å². The van der Waals surface area contributed by atoms with Crippen molar-refractivity contribution in [1.29, 1.82) is 0 Å². The van der Waals surface area contributed by atoms with Crippen molar-refractivity contribution >= 4 is 15.9 Å². The van der Waals surface area contributed by atoms with Gasteiger partial charge in [-0.15, -0.1) is 0 Å². The van der Waals surface area contributed by atoms with Crippen molar-refractivity contribution < 1.29 is 4.39 Å². The van der Waals surface area contributed by atoms with E-state index in [2.05, 4.69) is 15.9 Å². The highest BCUT2D eigenvalue weighted by Gasteiger charge is 2.04. The second-order valence-corrected chi connectivity index (χ2v) is 3.83. The van der Waals surface area contributed by atoms with Gasteiger partial charge in [-0.2, -0.15) is 0 Å². The van der Waals surface area contributed by atoms with Gasteiger partial charge in [0.2, 0.25) is 0 Å². The zero-order valence-electron chi connectivity index (χ0n) is 6.85. The number of hydrogen-bond acceptors (Lipinski definition) is 1. The summed E-state index contributed by atoms with van der Waals surface area (Å²) in [5.41, 5.74) is 6.23. The molecule has 0 fully saturated rings. The van der Waals surface area contributed by atoms with Gasteiger partial charge in [-0.1, -0.05) is 22.0 Å². The van der Waals surface area contributed by atoms with Gasteiger partial charge in [-0.25, -0.2) is 4.39 Å². The molecular weight excluding hydrogens is 221 g/mol. The second kappa shape index (κ2) is 4.01. The Bertz CT molecular complexity index is 273. The molecule has 1 aromatic carbocycles. The summed E-state index contributed by atoms with van der Waals surface area (Å²) in [5, 5.41) is 0. The largest absolute Gasteiger partial charge is 0.328 e. The first-order chi connectivity index (χ1) is 5.59. The van der Waals surface area contributed by atoms with Crippen LogP contribution in [0.15, 0.2) is 22.7 Å². The Labute approximate surface area is 79.9 Å². The third kappa shape index (κ3) is 2.57. The molecular formula is C9H11BrFN. The summed E-state index contributed by atoms with van der Waals surface area (Å²) in [6.45, 7) is 1.86. The highest BCUT2D eigenvalue weighted by atomic mass is 79.9. The molecule has 2 N–H and O–H groups in total. The lowest BCUT2D eigenvalue weighted by molar-refractivity contribution is 0.595. The van der Waals surface area contributed by atoms with Gasteiger partial charge in [-0.3, -0.25) is 0 Å². The zero-order chi connectivity index (χ0) is 9.14. The molecule has 0 aliphatic heterocycles. The van der Waals surface area contributed by atoms with Gasteiger partial charge in [0.1, 0.15) is 5.82 Å². The number of halogens is 2. The van der Waals surface area contributed by atoms with E-state index in [1.165, 1.54) is 6.07 Å². The second-order valence-electron chi connectivity index (χ2n) is 2.92. The number of hydrogen-bond donors (Lipinski definition) is 1. The first-order valence-electron chi connectivity index (χ1n) is 3.79. The quantitative estimate of drug-likeness (QED) is 0.832. The number of benzene rings is 1. The van der Waals surface area contributed by atoms with Gasteiger partial charge in [-0.05, 0) is 31.0 Å². The Morgan fingerprint density at radius 2 is 2.25 bits per heavy atom. The molecule has 0 saturated carbocycles. The lowest BCUT2D eigenvalue weighted by Gasteiger charge is -2.06. The monoisotopic (exact) mass is 231 g/mol. The molecule has 0 aliphatic carbocycles. The molecule has 1 rings (SSSR count). The van der Waals surface area contributed by atoms with E-state index in [-0.39, 0.29) is 11.9 Å². The molecule has 0 bridgehead atoms. The average Bonchev–Trinajstić information content (AvgIpc) is 1.94. The summed E-state index contributed by atoms with van der Waals surface area (Å²) in [7, 11) is 0. The van der Waals surface area contributed by atoms with E-state index in [1.807, 2.05) is 13.0 Å². The summed E-state index contributed by atoms with van der Waals surface area (Å²) in [4.78, 5) is 0. The van der Waals surface area contributed by atoms with Crippen LogP contribution in [0.5, 0.6) is 0 Å². The normalized spacial score (nSPS) is 13.0. The van der Waals surface area contributed by atoms with E-state index in [4.69, 9.17) is 5.73 Å². The molecule has 12 heavy (non-hydrogen) atoms. The van der Waals surface area contributed by atoms with Crippen LogP contribution >= 0.6 is 15.9 Å². The lowest BCUT2D eigenvalue weighted by Crippen LogP contribution is -2.18. The molecule has 0 aromatic heterocycles. The van der Waals surface area contributed by atoms with Crippen LogP contribution in [0, 0.1) is 5.82 Å². The molecule has 0 saturated heterocycles. The third-order valence-electron chi connectivity index (χ3n) is 1.56. The van der Waals surface area contributed by atoms with Crippen LogP contribution in [0.1, 0.15) is 12.5 Å². The Kier molecular flexibility index (Phi) is 3.23. The number of nitrogens with two attached hydrogens (primary N) is 1. The zero-order valence-corrected chi connectivity index (χ0v) is 8.44. The molecule has 3 heteroatoms. The van der Waals surface area contributed by atoms with Gasteiger partial charge < -0.3 is 5.73 Å². The smallest absolute Gasteiger partial charge is 0.127 e. The van der Waals surface area contributed by atoms with Crippen molar-refractivity contribution in [1.82, 2.24) is 0 Å².